The second-order valence-electron chi connectivity index (χ2n) is 17.3. The van der Waals surface area contributed by atoms with Crippen molar-refractivity contribution in [3.05, 3.63) is 244 Å². The van der Waals surface area contributed by atoms with Crippen LogP contribution in [0.4, 0.5) is 0 Å². The van der Waals surface area contributed by atoms with Gasteiger partial charge in [0.05, 0.1) is 22.1 Å². The van der Waals surface area contributed by atoms with Crippen molar-refractivity contribution in [1.82, 2.24) is 9.13 Å². The minimum Gasteiger partial charge on any atom is -0.309 e. The number of para-hydroxylation sites is 1. The van der Waals surface area contributed by atoms with Crippen molar-refractivity contribution in [3.63, 3.8) is 0 Å². The topological polar surface area (TPSA) is 9.86 Å². The Kier molecular flexibility index (Phi) is 9.55. The zero-order valence-electron chi connectivity index (χ0n) is 37.4. The summed E-state index contributed by atoms with van der Waals surface area (Å²) >= 11 is 0. The largest absolute Gasteiger partial charge is 0.309 e. The van der Waals surface area contributed by atoms with E-state index < -0.39 is 0 Å². The summed E-state index contributed by atoms with van der Waals surface area (Å²) in [5.74, 6) is 0. The molecule has 1 aliphatic rings. The molecule has 0 amide bonds. The highest BCUT2D eigenvalue weighted by molar-refractivity contribution is 6.21. The van der Waals surface area contributed by atoms with Crippen LogP contribution in [0.2, 0.25) is 0 Å². The van der Waals surface area contributed by atoms with Gasteiger partial charge in [0.25, 0.3) is 0 Å². The molecule has 0 saturated heterocycles. The van der Waals surface area contributed by atoms with Crippen molar-refractivity contribution in [1.29, 1.82) is 0 Å². The zero-order chi connectivity index (χ0) is 45.2. The highest BCUT2D eigenvalue weighted by Gasteiger charge is 2.23. The van der Waals surface area contributed by atoms with E-state index in [1.54, 1.807) is 6.08 Å². The van der Waals surface area contributed by atoms with E-state index >= 15 is 0 Å². The highest BCUT2D eigenvalue weighted by Crippen LogP contribution is 2.50. The van der Waals surface area contributed by atoms with Gasteiger partial charge in [-0.05, 0) is 127 Å². The third-order valence-electron chi connectivity index (χ3n) is 13.6. The summed E-state index contributed by atoms with van der Waals surface area (Å²) in [5.41, 5.74) is 19.3. The molecule has 0 aliphatic heterocycles. The molecule has 1 aliphatic carbocycles. The summed E-state index contributed by atoms with van der Waals surface area (Å²) in [5, 5.41) is 9.99. The van der Waals surface area contributed by atoms with E-state index in [1.807, 2.05) is 25.2 Å². The lowest BCUT2D eigenvalue weighted by Crippen LogP contribution is -1.95. The average Bonchev–Trinajstić information content (AvgIpc) is 4.02. The van der Waals surface area contributed by atoms with E-state index in [-0.39, 0.29) is 0 Å². The van der Waals surface area contributed by atoms with Crippen LogP contribution in [-0.2, 0) is 0 Å². The van der Waals surface area contributed by atoms with Gasteiger partial charge in [-0.3, -0.25) is 0 Å². The van der Waals surface area contributed by atoms with E-state index in [0.29, 0.717) is 0 Å². The van der Waals surface area contributed by atoms with Gasteiger partial charge >= 0.3 is 0 Å². The molecule has 0 spiro atoms. The molecule has 0 atom stereocenters. The molecule has 0 unspecified atom stereocenters. The molecular formula is C65H46N2. The van der Waals surface area contributed by atoms with Gasteiger partial charge in [-0.25, -0.2) is 0 Å². The molecule has 12 aromatic rings. The lowest BCUT2D eigenvalue weighted by molar-refractivity contribution is 1.19. The van der Waals surface area contributed by atoms with Crippen molar-refractivity contribution in [3.8, 4) is 61.3 Å². The van der Waals surface area contributed by atoms with Crippen LogP contribution in [0.5, 0.6) is 0 Å². The second kappa shape index (κ2) is 16.1. The summed E-state index contributed by atoms with van der Waals surface area (Å²) in [6.07, 6.45) is 7.49. The third kappa shape index (κ3) is 6.18. The zero-order valence-corrected chi connectivity index (χ0v) is 37.4. The van der Waals surface area contributed by atoms with Crippen LogP contribution in [0.1, 0.15) is 6.92 Å². The predicted octanol–water partition coefficient (Wildman–Crippen LogP) is 18.3. The molecule has 67 heavy (non-hydrogen) atoms. The Labute approximate surface area is 390 Å². The third-order valence-corrected chi connectivity index (χ3v) is 13.6. The molecule has 0 bridgehead atoms. The lowest BCUT2D eigenvalue weighted by atomic mass is 9.89. The molecule has 0 saturated carbocycles. The number of hydrogen-bond donors (Lipinski definition) is 0. The van der Waals surface area contributed by atoms with Crippen LogP contribution in [0.25, 0.3) is 132 Å². The molecule has 0 N–H and O–H groups in total. The Bertz CT molecular complexity index is 4010. The summed E-state index contributed by atoms with van der Waals surface area (Å²) in [4.78, 5) is 0. The monoisotopic (exact) mass is 854 g/mol. The molecule has 2 heteroatoms. The van der Waals surface area contributed by atoms with Crippen molar-refractivity contribution in [2.24, 2.45) is 0 Å². The van der Waals surface area contributed by atoms with Gasteiger partial charge in [-0.2, -0.15) is 0 Å². The van der Waals surface area contributed by atoms with Gasteiger partial charge in [-0.15, -0.1) is 6.58 Å². The fraction of sp³-hybridized carbons (Fsp3) is 0.0154. The predicted molar refractivity (Wildman–Crippen MR) is 290 cm³/mol. The fourth-order valence-electron chi connectivity index (χ4n) is 10.8. The minimum atomic E-state index is 0.995. The summed E-state index contributed by atoms with van der Waals surface area (Å²) in [6.45, 7) is 13.4. The second-order valence-corrected chi connectivity index (χ2v) is 17.3. The summed E-state index contributed by atoms with van der Waals surface area (Å²) < 4.78 is 4.76. The first-order valence-electron chi connectivity index (χ1n) is 23.0. The Morgan fingerprint density at radius 2 is 0.955 bits per heavy atom. The van der Waals surface area contributed by atoms with E-state index in [9.17, 15) is 0 Å². The smallest absolute Gasteiger partial charge is 0.0619 e. The van der Waals surface area contributed by atoms with Gasteiger partial charge in [0.15, 0.2) is 0 Å². The maximum Gasteiger partial charge on any atom is 0.0619 e. The number of rotatable bonds is 7. The fourth-order valence-corrected chi connectivity index (χ4v) is 10.8. The first-order valence-corrected chi connectivity index (χ1v) is 23.0. The van der Waals surface area contributed by atoms with Crippen LogP contribution in [0.3, 0.4) is 0 Å². The maximum absolute atomic E-state index is 4.13. The number of nitrogens with zero attached hydrogens (tertiary/aromatic N) is 2. The number of hydrogen-bond acceptors (Lipinski definition) is 0. The Hall–Kier alpha value is -8.72. The van der Waals surface area contributed by atoms with E-state index in [0.717, 1.165) is 22.4 Å². The molecule has 2 aromatic heterocycles. The minimum absolute atomic E-state index is 0.995. The highest BCUT2D eigenvalue weighted by atomic mass is 15.0. The number of aromatic nitrogens is 2. The average molecular weight is 855 g/mol. The Morgan fingerprint density at radius 1 is 0.403 bits per heavy atom. The van der Waals surface area contributed by atoms with Crippen molar-refractivity contribution < 1.29 is 0 Å². The Morgan fingerprint density at radius 3 is 1.72 bits per heavy atom. The molecule has 13 rings (SSSR count). The van der Waals surface area contributed by atoms with Crippen LogP contribution in [-0.4, -0.2) is 9.13 Å². The molecular weight excluding hydrogens is 809 g/mol. The van der Waals surface area contributed by atoms with Gasteiger partial charge in [-0.1, -0.05) is 189 Å². The number of fused-ring (bicyclic) bond motifs is 11. The normalized spacial score (nSPS) is 11.9. The first-order chi connectivity index (χ1) is 33.1. The first kappa shape index (κ1) is 39.8. The van der Waals surface area contributed by atoms with Gasteiger partial charge in [0, 0.05) is 38.3 Å². The van der Waals surface area contributed by atoms with E-state index in [1.165, 1.54) is 110 Å². The van der Waals surface area contributed by atoms with Gasteiger partial charge < -0.3 is 9.13 Å². The quantitative estimate of drug-likeness (QED) is 0.112. The molecule has 0 fully saturated rings. The van der Waals surface area contributed by atoms with Crippen LogP contribution in [0, 0.1) is 0 Å². The van der Waals surface area contributed by atoms with Gasteiger partial charge in [0.1, 0.15) is 0 Å². The van der Waals surface area contributed by atoms with Crippen molar-refractivity contribution in [2.45, 2.75) is 6.92 Å². The maximum atomic E-state index is 4.13. The molecule has 2 heterocycles. The lowest BCUT2D eigenvalue weighted by Gasteiger charge is -2.15. The van der Waals surface area contributed by atoms with Crippen molar-refractivity contribution >= 4 is 70.9 Å². The van der Waals surface area contributed by atoms with E-state index in [2.05, 4.69) is 229 Å². The molecule has 10 aromatic carbocycles. The standard InChI is InChI=1S/C62H40N2.C3H6/c1-3-14-43(4-2)63-58-24-12-11-21-51(58)57-37-41(29-36-59(57)63)42-28-32-52-56-33-27-39-15-5-6-17-46(39)62(56)64(60(52)38-42)44-30-25-40(26-31-44)45-16-7-8-18-47(45)50-34-35-55-49-20-10-9-19-48(49)53-22-13-23-54(50)61(53)55;1-3-2/h3-38H,1-2H2;3H,1H2,2H3/b43-14+;. The molecule has 2 nitrogen and oxygen atoms in total. The van der Waals surface area contributed by atoms with Crippen molar-refractivity contribution in [2.75, 3.05) is 0 Å². The molecule has 0 radical (unpaired) electrons. The van der Waals surface area contributed by atoms with E-state index in [4.69, 9.17) is 0 Å². The summed E-state index contributed by atoms with van der Waals surface area (Å²) in [6, 6.07) is 74.1. The van der Waals surface area contributed by atoms with Crippen LogP contribution < -0.4 is 0 Å². The summed E-state index contributed by atoms with van der Waals surface area (Å²) in [7, 11) is 0. The number of allylic oxidation sites excluding steroid dienone is 5. The van der Waals surface area contributed by atoms with Crippen LogP contribution in [0.15, 0.2) is 244 Å². The van der Waals surface area contributed by atoms with Crippen LogP contribution >= 0.6 is 0 Å². The Balaban J connectivity index is 0.00000152. The molecule has 316 valence electrons. The van der Waals surface area contributed by atoms with Gasteiger partial charge in [0.2, 0.25) is 0 Å². The SMILES string of the molecule is C=C/C=C(\C=C)n1c2ccccc2c2cc(-c3ccc4c5ccc6ccccc6c5n(-c5ccc(-c6ccccc6-c6ccc7c8c(cccc68)-c6ccccc6-7)cc5)c4c3)ccc21.C=CC. The number of benzene rings is 10.